The van der Waals surface area contributed by atoms with Crippen LogP contribution in [-0.2, 0) is 0 Å². The smallest absolute Gasteiger partial charge is 0.142 e. The SMILES string of the molecule is Cc1cc(Oc2cc(C#N)ccc2-c2ccc([C@H](O)CN)cn2)cc(-c2nc(C)cs2)n1. The third-order valence-corrected chi connectivity index (χ3v) is 5.76. The highest BCUT2D eigenvalue weighted by Crippen LogP contribution is 2.35. The second-order valence-electron chi connectivity index (χ2n) is 7.28. The maximum atomic E-state index is 9.92. The summed E-state index contributed by atoms with van der Waals surface area (Å²) < 4.78 is 6.23. The van der Waals surface area contributed by atoms with Crippen molar-refractivity contribution < 1.29 is 9.84 Å². The van der Waals surface area contributed by atoms with Crippen LogP contribution in [0.5, 0.6) is 11.5 Å². The number of nitrogens with zero attached hydrogens (tertiary/aromatic N) is 4. The number of nitriles is 1. The van der Waals surface area contributed by atoms with Crippen molar-refractivity contribution in [2.24, 2.45) is 5.73 Å². The minimum absolute atomic E-state index is 0.120. The number of aliphatic hydroxyl groups excluding tert-OH is 1. The molecule has 0 spiro atoms. The Hall–Kier alpha value is -3.64. The van der Waals surface area contributed by atoms with Gasteiger partial charge in [0.05, 0.1) is 23.4 Å². The third kappa shape index (κ3) is 4.65. The van der Waals surface area contributed by atoms with E-state index in [2.05, 4.69) is 21.0 Å². The van der Waals surface area contributed by atoms with Crippen molar-refractivity contribution in [2.45, 2.75) is 20.0 Å². The van der Waals surface area contributed by atoms with E-state index in [1.54, 1.807) is 36.5 Å². The number of benzene rings is 1. The average Bonchev–Trinajstić information content (AvgIpc) is 3.24. The Morgan fingerprint density at radius 2 is 1.94 bits per heavy atom. The first kappa shape index (κ1) is 21.6. The highest BCUT2D eigenvalue weighted by atomic mass is 32.1. The van der Waals surface area contributed by atoms with Crippen molar-refractivity contribution in [3.63, 3.8) is 0 Å². The molecule has 0 saturated heterocycles. The van der Waals surface area contributed by atoms with Gasteiger partial charge < -0.3 is 15.6 Å². The van der Waals surface area contributed by atoms with Gasteiger partial charge in [0.2, 0.25) is 0 Å². The van der Waals surface area contributed by atoms with E-state index in [9.17, 15) is 10.4 Å². The molecule has 0 unspecified atom stereocenters. The second-order valence-corrected chi connectivity index (χ2v) is 8.13. The minimum Gasteiger partial charge on any atom is -0.456 e. The normalized spacial score (nSPS) is 11.7. The maximum Gasteiger partial charge on any atom is 0.142 e. The number of aromatic nitrogens is 3. The van der Waals surface area contributed by atoms with Crippen LogP contribution in [0.1, 0.15) is 28.6 Å². The van der Waals surface area contributed by atoms with E-state index in [4.69, 9.17) is 10.5 Å². The van der Waals surface area contributed by atoms with Gasteiger partial charge in [-0.1, -0.05) is 6.07 Å². The molecule has 4 aromatic rings. The van der Waals surface area contributed by atoms with E-state index in [-0.39, 0.29) is 6.54 Å². The number of aryl methyl sites for hydroxylation is 2. The quantitative estimate of drug-likeness (QED) is 0.449. The van der Waals surface area contributed by atoms with Crippen LogP contribution in [-0.4, -0.2) is 26.6 Å². The van der Waals surface area contributed by atoms with Gasteiger partial charge in [0.1, 0.15) is 22.2 Å². The molecule has 32 heavy (non-hydrogen) atoms. The number of aliphatic hydroxyl groups is 1. The highest BCUT2D eigenvalue weighted by Gasteiger charge is 2.14. The Morgan fingerprint density at radius 3 is 2.59 bits per heavy atom. The first-order valence-electron chi connectivity index (χ1n) is 9.94. The van der Waals surface area contributed by atoms with E-state index in [0.717, 1.165) is 27.7 Å². The molecule has 0 fully saturated rings. The molecule has 7 nitrogen and oxygen atoms in total. The minimum atomic E-state index is -0.763. The van der Waals surface area contributed by atoms with Gasteiger partial charge in [0, 0.05) is 52.8 Å². The first-order chi connectivity index (χ1) is 15.5. The average molecular weight is 444 g/mol. The molecule has 3 heterocycles. The Bertz CT molecular complexity index is 1290. The summed E-state index contributed by atoms with van der Waals surface area (Å²) >= 11 is 1.53. The predicted molar refractivity (Wildman–Crippen MR) is 123 cm³/mol. The van der Waals surface area contributed by atoms with Crippen molar-refractivity contribution in [3.8, 4) is 39.5 Å². The molecule has 3 N–H and O–H groups in total. The van der Waals surface area contributed by atoms with Crippen molar-refractivity contribution in [1.82, 2.24) is 15.0 Å². The summed E-state index contributed by atoms with van der Waals surface area (Å²) in [4.78, 5) is 13.5. The van der Waals surface area contributed by atoms with Gasteiger partial charge in [-0.05, 0) is 38.1 Å². The lowest BCUT2D eigenvalue weighted by molar-refractivity contribution is 0.186. The zero-order valence-corrected chi connectivity index (χ0v) is 18.4. The molecule has 0 saturated carbocycles. The standard InChI is InChI=1S/C24H21N5O2S/c1-14-7-18(9-21(28-14)24-29-15(2)13-32-24)31-23-8-16(10-25)3-5-19(23)20-6-4-17(12-27-20)22(30)11-26/h3-9,12-13,22,30H,11,26H2,1-2H3/t22-/m1/s1. The molecular weight excluding hydrogens is 422 g/mol. The van der Waals surface area contributed by atoms with Crippen molar-refractivity contribution in [2.75, 3.05) is 6.54 Å². The van der Waals surface area contributed by atoms with Gasteiger partial charge in [-0.3, -0.25) is 9.97 Å². The molecule has 0 aliphatic heterocycles. The summed E-state index contributed by atoms with van der Waals surface area (Å²) in [5.74, 6) is 1.09. The lowest BCUT2D eigenvalue weighted by Crippen LogP contribution is -2.11. The van der Waals surface area contributed by atoms with E-state index in [1.807, 2.05) is 31.4 Å². The van der Waals surface area contributed by atoms with Gasteiger partial charge in [0.15, 0.2) is 0 Å². The molecule has 160 valence electrons. The number of ether oxygens (including phenoxy) is 1. The van der Waals surface area contributed by atoms with Gasteiger partial charge in [-0.15, -0.1) is 11.3 Å². The zero-order valence-electron chi connectivity index (χ0n) is 17.6. The molecule has 1 atom stereocenters. The highest BCUT2D eigenvalue weighted by molar-refractivity contribution is 7.13. The Kier molecular flexibility index (Phi) is 6.23. The van der Waals surface area contributed by atoms with Crippen LogP contribution in [0, 0.1) is 25.2 Å². The van der Waals surface area contributed by atoms with Crippen molar-refractivity contribution >= 4 is 11.3 Å². The molecule has 8 heteroatoms. The van der Waals surface area contributed by atoms with Gasteiger partial charge >= 0.3 is 0 Å². The van der Waals surface area contributed by atoms with E-state index in [0.29, 0.717) is 28.3 Å². The molecule has 3 aromatic heterocycles. The fourth-order valence-electron chi connectivity index (χ4n) is 3.19. The second kappa shape index (κ2) is 9.24. The van der Waals surface area contributed by atoms with Crippen LogP contribution in [0.25, 0.3) is 22.0 Å². The number of hydrogen-bond donors (Lipinski definition) is 2. The van der Waals surface area contributed by atoms with Crippen LogP contribution < -0.4 is 10.5 Å². The molecule has 4 rings (SSSR count). The summed E-state index contributed by atoms with van der Waals surface area (Å²) in [6.07, 6.45) is 0.829. The largest absolute Gasteiger partial charge is 0.456 e. The Labute approximate surface area is 189 Å². The lowest BCUT2D eigenvalue weighted by atomic mass is 10.1. The monoisotopic (exact) mass is 443 g/mol. The van der Waals surface area contributed by atoms with Gasteiger partial charge in [-0.2, -0.15) is 5.26 Å². The third-order valence-electron chi connectivity index (χ3n) is 4.77. The molecule has 0 radical (unpaired) electrons. The molecule has 1 aromatic carbocycles. The number of hydrogen-bond acceptors (Lipinski definition) is 8. The molecule has 0 aliphatic rings. The fourth-order valence-corrected chi connectivity index (χ4v) is 3.95. The van der Waals surface area contributed by atoms with Crippen LogP contribution in [0.15, 0.2) is 54.0 Å². The molecule has 0 bridgehead atoms. The van der Waals surface area contributed by atoms with E-state index in [1.165, 1.54) is 11.3 Å². The van der Waals surface area contributed by atoms with Crippen LogP contribution in [0.2, 0.25) is 0 Å². The number of pyridine rings is 2. The van der Waals surface area contributed by atoms with Gasteiger partial charge in [0.25, 0.3) is 0 Å². The Balaban J connectivity index is 1.73. The van der Waals surface area contributed by atoms with Crippen molar-refractivity contribution in [1.29, 1.82) is 5.26 Å². The summed E-state index contributed by atoms with van der Waals surface area (Å²) in [7, 11) is 0. The predicted octanol–water partition coefficient (Wildman–Crippen LogP) is 4.54. The van der Waals surface area contributed by atoms with Crippen LogP contribution in [0.4, 0.5) is 0 Å². The molecule has 0 amide bonds. The summed E-state index contributed by atoms with van der Waals surface area (Å²) in [6.45, 7) is 3.96. The van der Waals surface area contributed by atoms with Gasteiger partial charge in [-0.25, -0.2) is 4.98 Å². The summed E-state index contributed by atoms with van der Waals surface area (Å²) in [6, 6.07) is 14.6. The fraction of sp³-hybridized carbons (Fsp3) is 0.167. The van der Waals surface area contributed by atoms with E-state index < -0.39 is 6.10 Å². The first-order valence-corrected chi connectivity index (χ1v) is 10.8. The zero-order chi connectivity index (χ0) is 22.7. The van der Waals surface area contributed by atoms with E-state index >= 15 is 0 Å². The molecular formula is C24H21N5O2S. The lowest BCUT2D eigenvalue weighted by Gasteiger charge is -2.13. The Morgan fingerprint density at radius 1 is 1.09 bits per heavy atom. The topological polar surface area (TPSA) is 118 Å². The van der Waals surface area contributed by atoms with Crippen molar-refractivity contribution in [3.05, 3.63) is 76.6 Å². The summed E-state index contributed by atoms with van der Waals surface area (Å²) in [5.41, 5.74) is 10.5. The number of rotatable bonds is 6. The number of thiazole rings is 1. The number of nitrogens with two attached hydrogens (primary N) is 1. The van der Waals surface area contributed by atoms with Crippen LogP contribution >= 0.6 is 11.3 Å². The maximum absolute atomic E-state index is 9.92. The summed E-state index contributed by atoms with van der Waals surface area (Å²) in [5, 5.41) is 22.1. The molecule has 0 aliphatic carbocycles. The van der Waals surface area contributed by atoms with Crippen LogP contribution in [0.3, 0.4) is 0 Å².